The number of imidazole rings is 1. The van der Waals surface area contributed by atoms with Gasteiger partial charge in [-0.3, -0.25) is 9.59 Å². The second-order valence-electron chi connectivity index (χ2n) is 6.65. The summed E-state index contributed by atoms with van der Waals surface area (Å²) in [6, 6.07) is 5.44. The fourth-order valence-electron chi connectivity index (χ4n) is 3.78. The van der Waals surface area contributed by atoms with Gasteiger partial charge >= 0.3 is 5.69 Å². The molecule has 132 valence electrons. The number of rotatable bonds is 2. The maximum Gasteiger partial charge on any atom is 0.323 e. The Morgan fingerprint density at radius 3 is 2.56 bits per heavy atom. The van der Waals surface area contributed by atoms with E-state index >= 15 is 0 Å². The molecule has 2 N–H and O–H groups in total. The molecule has 1 aromatic heterocycles. The molecule has 2 saturated heterocycles. The minimum atomic E-state index is -0.316. The number of carbonyl (C=O) groups is 2. The number of para-hydroxylation sites is 1. The number of hydrogen-bond donors (Lipinski definition) is 2. The molecule has 2 fully saturated rings. The first-order valence-electron chi connectivity index (χ1n) is 8.55. The van der Waals surface area contributed by atoms with E-state index in [1.807, 2.05) is 23.1 Å². The fraction of sp³-hybridized carbons (Fsp3) is 0.471. The minimum absolute atomic E-state index is 0.0417. The molecule has 0 bridgehead atoms. The fourth-order valence-corrected chi connectivity index (χ4v) is 3.78. The van der Waals surface area contributed by atoms with Crippen molar-refractivity contribution >= 4 is 28.5 Å². The molecule has 2 amide bonds. The number of likely N-dealkylation sites (tertiary alicyclic amines) is 1. The van der Waals surface area contributed by atoms with Gasteiger partial charge in [0.25, 0.3) is 0 Å². The van der Waals surface area contributed by atoms with Crippen molar-refractivity contribution in [1.29, 1.82) is 0 Å². The Morgan fingerprint density at radius 1 is 1.12 bits per heavy atom. The summed E-state index contributed by atoms with van der Waals surface area (Å²) in [7, 11) is 1.71. The van der Waals surface area contributed by atoms with Crippen LogP contribution in [0.2, 0.25) is 0 Å². The lowest BCUT2D eigenvalue weighted by atomic mass is 10.1. The zero-order valence-corrected chi connectivity index (χ0v) is 14.1. The van der Waals surface area contributed by atoms with Crippen molar-refractivity contribution < 1.29 is 9.59 Å². The molecular formula is C17H21N5O3. The van der Waals surface area contributed by atoms with Crippen molar-refractivity contribution in [3.8, 4) is 0 Å². The molecule has 0 radical (unpaired) electrons. The van der Waals surface area contributed by atoms with Crippen LogP contribution in [0.5, 0.6) is 0 Å². The van der Waals surface area contributed by atoms with Crippen LogP contribution in [0.25, 0.3) is 11.0 Å². The number of likely N-dealkylation sites (N-methyl/N-ethyl adjacent to an activating group) is 1. The van der Waals surface area contributed by atoms with Gasteiger partial charge in [0.2, 0.25) is 11.8 Å². The number of nitrogens with zero attached hydrogens (tertiary/aromatic N) is 3. The Labute approximate surface area is 144 Å². The Balaban J connectivity index is 1.47. The zero-order valence-electron chi connectivity index (χ0n) is 14.1. The molecule has 1 atom stereocenters. The SMILES string of the molecule is CN1C(=O)CC[C@@H]1C(=O)N1CCN(c2cccc3[nH]c(=O)[nH]c23)CC1. The molecule has 2 aliphatic rings. The van der Waals surface area contributed by atoms with E-state index in [4.69, 9.17) is 0 Å². The van der Waals surface area contributed by atoms with Gasteiger partial charge in [0.15, 0.2) is 0 Å². The summed E-state index contributed by atoms with van der Waals surface area (Å²) in [5.41, 5.74) is 2.34. The van der Waals surface area contributed by atoms with Gasteiger partial charge in [-0.05, 0) is 18.6 Å². The molecular weight excluding hydrogens is 322 g/mol. The highest BCUT2D eigenvalue weighted by atomic mass is 16.2. The van der Waals surface area contributed by atoms with Crippen molar-refractivity contribution in [2.24, 2.45) is 0 Å². The normalized spacial score (nSPS) is 21.4. The van der Waals surface area contributed by atoms with E-state index in [1.54, 1.807) is 11.9 Å². The quantitative estimate of drug-likeness (QED) is 0.810. The highest BCUT2D eigenvalue weighted by molar-refractivity contribution is 5.91. The number of aromatic nitrogens is 2. The standard InChI is InChI=1S/C17H21N5O3/c1-20-13(5-6-14(20)23)16(24)22-9-7-21(8-10-22)12-4-2-3-11-15(12)19-17(25)18-11/h2-4,13H,5-10H2,1H3,(H2,18,19,25)/t13-/m1/s1. The van der Waals surface area contributed by atoms with Crippen LogP contribution in [-0.2, 0) is 9.59 Å². The number of nitrogens with one attached hydrogen (secondary N) is 2. The lowest BCUT2D eigenvalue weighted by Gasteiger charge is -2.38. The van der Waals surface area contributed by atoms with Gasteiger partial charge < -0.3 is 24.7 Å². The molecule has 3 heterocycles. The van der Waals surface area contributed by atoms with Gasteiger partial charge in [0.05, 0.1) is 16.7 Å². The monoisotopic (exact) mass is 343 g/mol. The van der Waals surface area contributed by atoms with Gasteiger partial charge in [-0.15, -0.1) is 0 Å². The molecule has 0 spiro atoms. The lowest BCUT2D eigenvalue weighted by Crippen LogP contribution is -2.53. The predicted molar refractivity (Wildman–Crippen MR) is 93.5 cm³/mol. The number of piperazine rings is 1. The summed E-state index contributed by atoms with van der Waals surface area (Å²) >= 11 is 0. The molecule has 8 heteroatoms. The van der Waals surface area contributed by atoms with E-state index in [0.717, 1.165) is 16.7 Å². The van der Waals surface area contributed by atoms with Gasteiger partial charge in [-0.25, -0.2) is 4.79 Å². The maximum absolute atomic E-state index is 12.7. The van der Waals surface area contributed by atoms with E-state index < -0.39 is 0 Å². The number of aromatic amines is 2. The third kappa shape index (κ3) is 2.67. The third-order valence-corrected chi connectivity index (χ3v) is 5.24. The summed E-state index contributed by atoms with van der Waals surface area (Å²) in [5, 5.41) is 0. The molecule has 0 saturated carbocycles. The molecule has 0 unspecified atom stereocenters. The zero-order chi connectivity index (χ0) is 17.6. The topological polar surface area (TPSA) is 92.5 Å². The highest BCUT2D eigenvalue weighted by Gasteiger charge is 2.36. The number of hydrogen-bond acceptors (Lipinski definition) is 4. The number of carbonyl (C=O) groups excluding carboxylic acids is 2. The average molecular weight is 343 g/mol. The molecule has 1 aromatic carbocycles. The Kier molecular flexibility index (Phi) is 3.74. The highest BCUT2D eigenvalue weighted by Crippen LogP contribution is 2.25. The summed E-state index contributed by atoms with van der Waals surface area (Å²) in [6.07, 6.45) is 1.06. The molecule has 2 aliphatic heterocycles. The van der Waals surface area contributed by atoms with Crippen LogP contribution in [0, 0.1) is 0 Å². The van der Waals surface area contributed by atoms with Gasteiger partial charge in [0, 0.05) is 39.6 Å². The van der Waals surface area contributed by atoms with Crippen LogP contribution in [0.4, 0.5) is 5.69 Å². The van der Waals surface area contributed by atoms with Crippen molar-refractivity contribution in [3.05, 3.63) is 28.7 Å². The number of amides is 2. The number of H-pyrrole nitrogens is 2. The minimum Gasteiger partial charge on any atom is -0.366 e. The maximum atomic E-state index is 12.7. The van der Waals surface area contributed by atoms with E-state index in [2.05, 4.69) is 14.9 Å². The third-order valence-electron chi connectivity index (χ3n) is 5.24. The summed E-state index contributed by atoms with van der Waals surface area (Å²) in [6.45, 7) is 2.62. The van der Waals surface area contributed by atoms with Gasteiger partial charge in [0.1, 0.15) is 6.04 Å². The van der Waals surface area contributed by atoms with Crippen LogP contribution in [-0.4, -0.2) is 70.9 Å². The van der Waals surface area contributed by atoms with Crippen molar-refractivity contribution in [2.45, 2.75) is 18.9 Å². The van der Waals surface area contributed by atoms with E-state index in [9.17, 15) is 14.4 Å². The van der Waals surface area contributed by atoms with Gasteiger partial charge in [-0.2, -0.15) is 0 Å². The van der Waals surface area contributed by atoms with E-state index in [1.165, 1.54) is 0 Å². The first-order valence-corrected chi connectivity index (χ1v) is 8.55. The van der Waals surface area contributed by atoms with Crippen molar-refractivity contribution in [2.75, 3.05) is 38.1 Å². The first kappa shape index (κ1) is 15.7. The lowest BCUT2D eigenvalue weighted by molar-refractivity contribution is -0.140. The molecule has 0 aliphatic carbocycles. The molecule has 2 aromatic rings. The van der Waals surface area contributed by atoms with Crippen LogP contribution in [0.15, 0.2) is 23.0 Å². The first-order chi connectivity index (χ1) is 12.0. The largest absolute Gasteiger partial charge is 0.366 e. The Morgan fingerprint density at radius 2 is 1.88 bits per heavy atom. The number of anilines is 1. The Bertz CT molecular complexity index is 878. The van der Waals surface area contributed by atoms with Crippen LogP contribution >= 0.6 is 0 Å². The summed E-state index contributed by atoms with van der Waals surface area (Å²) in [4.78, 5) is 47.1. The van der Waals surface area contributed by atoms with Gasteiger partial charge in [-0.1, -0.05) is 6.07 Å². The van der Waals surface area contributed by atoms with Crippen LogP contribution in [0.3, 0.4) is 0 Å². The number of benzene rings is 1. The van der Waals surface area contributed by atoms with E-state index in [0.29, 0.717) is 39.0 Å². The second-order valence-corrected chi connectivity index (χ2v) is 6.65. The average Bonchev–Trinajstić information content (AvgIpc) is 3.16. The van der Waals surface area contributed by atoms with Crippen LogP contribution < -0.4 is 10.6 Å². The summed E-state index contributed by atoms with van der Waals surface area (Å²) in [5.74, 6) is 0.0846. The van der Waals surface area contributed by atoms with Crippen LogP contribution in [0.1, 0.15) is 12.8 Å². The predicted octanol–water partition coefficient (Wildman–Crippen LogP) is 0.126. The smallest absolute Gasteiger partial charge is 0.323 e. The number of fused-ring (bicyclic) bond motifs is 1. The summed E-state index contributed by atoms with van der Waals surface area (Å²) < 4.78 is 0. The van der Waals surface area contributed by atoms with E-state index in [-0.39, 0.29) is 23.5 Å². The van der Waals surface area contributed by atoms with Crippen molar-refractivity contribution in [3.63, 3.8) is 0 Å². The molecule has 4 rings (SSSR count). The molecule has 25 heavy (non-hydrogen) atoms. The Hall–Kier alpha value is -2.77. The molecule has 8 nitrogen and oxygen atoms in total. The van der Waals surface area contributed by atoms with Crippen molar-refractivity contribution in [1.82, 2.24) is 19.8 Å². The second kappa shape index (κ2) is 5.94.